The minimum absolute atomic E-state index is 0.00458. The van der Waals surface area contributed by atoms with Crippen molar-refractivity contribution in [3.8, 4) is 0 Å². The Hall–Kier alpha value is -2.41. The van der Waals surface area contributed by atoms with Crippen LogP contribution in [0.25, 0.3) is 0 Å². The number of carbonyl (C=O) groups excluding carboxylic acids is 2. The molecule has 0 atom stereocenters. The molecule has 0 saturated carbocycles. The van der Waals surface area contributed by atoms with Gasteiger partial charge in [0.2, 0.25) is 11.8 Å². The number of amides is 2. The highest BCUT2D eigenvalue weighted by Crippen LogP contribution is 1.93. The van der Waals surface area contributed by atoms with Gasteiger partial charge in [0.05, 0.1) is 0 Å². The molecule has 0 radical (unpaired) electrons. The molecular formula is C12H20N2O5. The molecule has 0 aromatic heterocycles. The topological polar surface area (TPSA) is 144 Å². The Bertz CT molecular complexity index is 330. The van der Waals surface area contributed by atoms with Crippen LogP contribution in [0.5, 0.6) is 0 Å². The largest absolute Gasteiger partial charge is 0.478 e. The van der Waals surface area contributed by atoms with E-state index in [9.17, 15) is 14.4 Å². The molecule has 0 rings (SSSR count). The summed E-state index contributed by atoms with van der Waals surface area (Å²) in [5.41, 5.74) is 9.35. The van der Waals surface area contributed by atoms with Gasteiger partial charge in [0.25, 0.3) is 0 Å². The molecule has 2 amide bonds. The van der Waals surface area contributed by atoms with Gasteiger partial charge in [-0.25, -0.2) is 4.79 Å². The van der Waals surface area contributed by atoms with Crippen LogP contribution in [0.15, 0.2) is 37.0 Å². The Balaban J connectivity index is -0.000000219. The molecule has 0 unspecified atom stereocenters. The summed E-state index contributed by atoms with van der Waals surface area (Å²) in [5.74, 6) is -1.89. The number of aliphatic hydroxyl groups is 1. The maximum absolute atomic E-state index is 10.1. The lowest BCUT2D eigenvalue weighted by molar-refractivity contribution is -0.132. The van der Waals surface area contributed by atoms with E-state index in [-0.39, 0.29) is 12.2 Å². The maximum Gasteiger partial charge on any atom is 0.330 e. The second-order valence-electron chi connectivity index (χ2n) is 2.92. The van der Waals surface area contributed by atoms with Crippen molar-refractivity contribution < 1.29 is 24.6 Å². The summed E-state index contributed by atoms with van der Waals surface area (Å²) in [6.07, 6.45) is 4.01. The Morgan fingerprint density at radius 1 is 1.11 bits per heavy atom. The zero-order valence-corrected chi connectivity index (χ0v) is 10.8. The summed E-state index contributed by atoms with van der Waals surface area (Å²) in [7, 11) is 0. The average Bonchev–Trinajstić information content (AvgIpc) is 2.36. The van der Waals surface area contributed by atoms with Crippen molar-refractivity contribution in [2.24, 2.45) is 11.5 Å². The van der Waals surface area contributed by atoms with Crippen molar-refractivity contribution in [3.05, 3.63) is 37.0 Å². The number of primary amides is 2. The molecule has 19 heavy (non-hydrogen) atoms. The molecule has 7 nitrogen and oxygen atoms in total. The van der Waals surface area contributed by atoms with Crippen LogP contribution >= 0.6 is 0 Å². The molecule has 0 aliphatic carbocycles. The van der Waals surface area contributed by atoms with Gasteiger partial charge in [-0.3, -0.25) is 9.59 Å². The van der Waals surface area contributed by atoms with E-state index in [1.165, 1.54) is 13.0 Å². The van der Waals surface area contributed by atoms with Crippen LogP contribution in [-0.2, 0) is 14.4 Å². The van der Waals surface area contributed by atoms with Gasteiger partial charge in [0.1, 0.15) is 0 Å². The van der Waals surface area contributed by atoms with E-state index in [1.807, 2.05) is 0 Å². The number of hydrogen-bond donors (Lipinski definition) is 4. The molecule has 108 valence electrons. The van der Waals surface area contributed by atoms with Gasteiger partial charge in [-0.15, -0.1) is 0 Å². The first kappa shape index (κ1) is 21.8. The number of aliphatic hydroxyl groups excluding tert-OH is 1. The molecular weight excluding hydrogens is 252 g/mol. The summed E-state index contributed by atoms with van der Waals surface area (Å²) >= 11 is 0. The monoisotopic (exact) mass is 272 g/mol. The van der Waals surface area contributed by atoms with E-state index in [0.29, 0.717) is 6.42 Å². The molecule has 0 spiro atoms. The SMILES string of the molecule is C=CC(N)=O.C=CC(N)=O.CC(=CCCO)C(=O)O. The van der Waals surface area contributed by atoms with Crippen LogP contribution in [-0.4, -0.2) is 34.6 Å². The Morgan fingerprint density at radius 2 is 1.42 bits per heavy atom. The van der Waals surface area contributed by atoms with E-state index < -0.39 is 17.8 Å². The smallest absolute Gasteiger partial charge is 0.330 e. The molecule has 0 aromatic rings. The number of aliphatic carboxylic acids is 1. The third-order valence-corrected chi connectivity index (χ3v) is 1.32. The Morgan fingerprint density at radius 3 is 1.58 bits per heavy atom. The first-order chi connectivity index (χ1) is 8.72. The molecule has 0 aliphatic heterocycles. The maximum atomic E-state index is 10.1. The van der Waals surface area contributed by atoms with Crippen molar-refractivity contribution in [1.82, 2.24) is 0 Å². The lowest BCUT2D eigenvalue weighted by Crippen LogP contribution is -2.04. The van der Waals surface area contributed by atoms with E-state index in [1.54, 1.807) is 0 Å². The van der Waals surface area contributed by atoms with Crippen LogP contribution in [0.1, 0.15) is 13.3 Å². The summed E-state index contributed by atoms with van der Waals surface area (Å²) < 4.78 is 0. The number of carboxylic acid groups (broad SMARTS) is 1. The molecule has 6 N–H and O–H groups in total. The predicted molar refractivity (Wildman–Crippen MR) is 71.9 cm³/mol. The summed E-state index contributed by atoms with van der Waals surface area (Å²) in [5, 5.41) is 16.5. The summed E-state index contributed by atoms with van der Waals surface area (Å²) in [6.45, 7) is 7.67. The van der Waals surface area contributed by atoms with Gasteiger partial charge in [0, 0.05) is 12.2 Å². The van der Waals surface area contributed by atoms with E-state index in [4.69, 9.17) is 10.2 Å². The number of rotatable bonds is 5. The third kappa shape index (κ3) is 31.3. The highest BCUT2D eigenvalue weighted by atomic mass is 16.4. The van der Waals surface area contributed by atoms with Crippen LogP contribution in [0.3, 0.4) is 0 Å². The predicted octanol–water partition coefficient (Wildman–Crippen LogP) is -0.285. The normalized spacial score (nSPS) is 8.84. The molecule has 0 aromatic carbocycles. The van der Waals surface area contributed by atoms with Crippen LogP contribution in [0.2, 0.25) is 0 Å². The fraction of sp³-hybridized carbons (Fsp3) is 0.250. The lowest BCUT2D eigenvalue weighted by atomic mass is 10.2. The van der Waals surface area contributed by atoms with Crippen molar-refractivity contribution in [1.29, 1.82) is 0 Å². The molecule has 0 heterocycles. The van der Waals surface area contributed by atoms with E-state index in [2.05, 4.69) is 24.6 Å². The zero-order chi connectivity index (χ0) is 15.8. The highest BCUT2D eigenvalue weighted by Gasteiger charge is 1.96. The first-order valence-corrected chi connectivity index (χ1v) is 5.07. The van der Waals surface area contributed by atoms with Gasteiger partial charge < -0.3 is 21.7 Å². The molecule has 0 aliphatic rings. The lowest BCUT2D eigenvalue weighted by Gasteiger charge is -1.89. The van der Waals surface area contributed by atoms with Gasteiger partial charge in [-0.2, -0.15) is 0 Å². The minimum atomic E-state index is -0.927. The summed E-state index contributed by atoms with van der Waals surface area (Å²) in [4.78, 5) is 29.0. The van der Waals surface area contributed by atoms with Crippen LogP contribution < -0.4 is 11.5 Å². The molecule has 0 bridgehead atoms. The zero-order valence-electron chi connectivity index (χ0n) is 10.8. The Kier molecular flexibility index (Phi) is 17.9. The van der Waals surface area contributed by atoms with E-state index >= 15 is 0 Å². The second-order valence-corrected chi connectivity index (χ2v) is 2.92. The second kappa shape index (κ2) is 15.6. The van der Waals surface area contributed by atoms with Gasteiger partial charge >= 0.3 is 5.97 Å². The first-order valence-electron chi connectivity index (χ1n) is 5.07. The van der Waals surface area contributed by atoms with Crippen molar-refractivity contribution in [3.63, 3.8) is 0 Å². The van der Waals surface area contributed by atoms with Crippen molar-refractivity contribution >= 4 is 17.8 Å². The van der Waals surface area contributed by atoms with Gasteiger partial charge in [-0.05, 0) is 25.5 Å². The fourth-order valence-electron chi connectivity index (χ4n) is 0.368. The van der Waals surface area contributed by atoms with Gasteiger partial charge in [0.15, 0.2) is 0 Å². The standard InChI is InChI=1S/C6H10O3.2C3H5NO/c1-5(6(8)9)3-2-4-7;2*1-2-3(4)5/h3,7H,2,4H2,1H3,(H,8,9);2*2H,1H2,(H2,4,5). The molecule has 7 heteroatoms. The quantitative estimate of drug-likeness (QED) is 0.508. The van der Waals surface area contributed by atoms with Gasteiger partial charge in [-0.1, -0.05) is 19.2 Å². The minimum Gasteiger partial charge on any atom is -0.478 e. The molecule has 0 fully saturated rings. The van der Waals surface area contributed by atoms with Crippen molar-refractivity contribution in [2.75, 3.05) is 6.61 Å². The highest BCUT2D eigenvalue weighted by molar-refractivity contribution is 5.85. The average molecular weight is 272 g/mol. The molecule has 0 saturated heterocycles. The number of nitrogens with two attached hydrogens (primary N) is 2. The van der Waals surface area contributed by atoms with Crippen molar-refractivity contribution in [2.45, 2.75) is 13.3 Å². The third-order valence-electron chi connectivity index (χ3n) is 1.32. The number of carbonyl (C=O) groups is 3. The van der Waals surface area contributed by atoms with E-state index in [0.717, 1.165) is 12.2 Å². The fourth-order valence-corrected chi connectivity index (χ4v) is 0.368. The van der Waals surface area contributed by atoms with Crippen LogP contribution in [0.4, 0.5) is 0 Å². The number of carboxylic acids is 1. The Labute approximate surface area is 111 Å². The van der Waals surface area contributed by atoms with Crippen LogP contribution in [0, 0.1) is 0 Å². The number of hydrogen-bond acceptors (Lipinski definition) is 4. The summed E-state index contributed by atoms with van der Waals surface area (Å²) in [6, 6.07) is 0.